The van der Waals surface area contributed by atoms with Gasteiger partial charge in [0.15, 0.2) is 0 Å². The predicted octanol–water partition coefficient (Wildman–Crippen LogP) is 2.59. The molecule has 3 rings (SSSR count). The number of hydrogen-bond donors (Lipinski definition) is 2. The van der Waals surface area contributed by atoms with Crippen molar-refractivity contribution in [1.82, 2.24) is 5.32 Å². The maximum absolute atomic E-state index is 12.5. The lowest BCUT2D eigenvalue weighted by atomic mass is 9.91. The second kappa shape index (κ2) is 5.74. The summed E-state index contributed by atoms with van der Waals surface area (Å²) < 4.78 is 0. The first-order valence-electron chi connectivity index (χ1n) is 7.24. The molecule has 2 aliphatic carbocycles. The molecule has 4 heteroatoms. The smallest absolute Gasteiger partial charge is 0.244 e. The minimum Gasteiger partial charge on any atom is -0.351 e. The van der Waals surface area contributed by atoms with Gasteiger partial charge in [0, 0.05) is 6.04 Å². The molecular formula is C16H23ClN2O. The Bertz CT molecular complexity index is 455. The van der Waals surface area contributed by atoms with Gasteiger partial charge in [-0.15, -0.1) is 12.4 Å². The third kappa shape index (κ3) is 3.15. The van der Waals surface area contributed by atoms with Crippen molar-refractivity contribution in [3.05, 3.63) is 35.9 Å². The zero-order valence-corrected chi connectivity index (χ0v) is 12.7. The fourth-order valence-corrected chi connectivity index (χ4v) is 2.75. The fraction of sp³-hybridized carbons (Fsp3) is 0.562. The number of hydrogen-bond acceptors (Lipinski definition) is 2. The number of carbonyl (C=O) groups is 1. The van der Waals surface area contributed by atoms with Crippen LogP contribution in [0.5, 0.6) is 0 Å². The largest absolute Gasteiger partial charge is 0.351 e. The number of carbonyl (C=O) groups excluding carboxylic acids is 1. The van der Waals surface area contributed by atoms with E-state index < -0.39 is 5.54 Å². The molecule has 0 aliphatic heterocycles. The van der Waals surface area contributed by atoms with Gasteiger partial charge in [-0.05, 0) is 50.0 Å². The fourth-order valence-electron chi connectivity index (χ4n) is 2.75. The van der Waals surface area contributed by atoms with Crippen LogP contribution in [-0.2, 0) is 10.3 Å². The lowest BCUT2D eigenvalue weighted by Crippen LogP contribution is -2.53. The molecule has 110 valence electrons. The molecule has 1 aromatic carbocycles. The molecule has 0 bridgehead atoms. The summed E-state index contributed by atoms with van der Waals surface area (Å²) in [5.74, 6) is 1.36. The molecule has 0 radical (unpaired) electrons. The molecule has 3 N–H and O–H groups in total. The van der Waals surface area contributed by atoms with Gasteiger partial charge in [-0.2, -0.15) is 0 Å². The van der Waals surface area contributed by atoms with Crippen LogP contribution in [0.15, 0.2) is 30.3 Å². The summed E-state index contributed by atoms with van der Waals surface area (Å²) in [6.45, 7) is 1.80. The lowest BCUT2D eigenvalue weighted by Gasteiger charge is -2.28. The average molecular weight is 295 g/mol. The molecule has 2 fully saturated rings. The highest BCUT2D eigenvalue weighted by atomic mass is 35.5. The second-order valence-corrected chi connectivity index (χ2v) is 6.24. The predicted molar refractivity (Wildman–Crippen MR) is 82.6 cm³/mol. The topological polar surface area (TPSA) is 55.1 Å². The quantitative estimate of drug-likeness (QED) is 0.877. The molecule has 0 spiro atoms. The maximum Gasteiger partial charge on any atom is 0.244 e. The Morgan fingerprint density at radius 3 is 2.15 bits per heavy atom. The Hall–Kier alpha value is -1.06. The van der Waals surface area contributed by atoms with E-state index in [1.54, 1.807) is 6.92 Å². The number of benzene rings is 1. The Morgan fingerprint density at radius 2 is 1.70 bits per heavy atom. The average Bonchev–Trinajstić information content (AvgIpc) is 3.29. The van der Waals surface area contributed by atoms with Crippen LogP contribution in [0.25, 0.3) is 0 Å². The van der Waals surface area contributed by atoms with Crippen LogP contribution in [0.2, 0.25) is 0 Å². The van der Waals surface area contributed by atoms with Crippen molar-refractivity contribution in [2.24, 2.45) is 17.6 Å². The first kappa shape index (κ1) is 15.3. The Labute approximate surface area is 126 Å². The first-order valence-corrected chi connectivity index (χ1v) is 7.24. The van der Waals surface area contributed by atoms with Crippen LogP contribution < -0.4 is 11.1 Å². The summed E-state index contributed by atoms with van der Waals surface area (Å²) in [6.07, 6.45) is 5.03. The van der Waals surface area contributed by atoms with Gasteiger partial charge in [-0.1, -0.05) is 30.3 Å². The number of halogens is 1. The van der Waals surface area contributed by atoms with Gasteiger partial charge in [0.1, 0.15) is 5.54 Å². The van der Waals surface area contributed by atoms with E-state index in [9.17, 15) is 4.79 Å². The minimum atomic E-state index is -0.941. The van der Waals surface area contributed by atoms with Crippen LogP contribution in [0.3, 0.4) is 0 Å². The third-order valence-electron chi connectivity index (χ3n) is 4.40. The van der Waals surface area contributed by atoms with Gasteiger partial charge in [-0.3, -0.25) is 4.79 Å². The molecule has 1 aromatic rings. The minimum absolute atomic E-state index is 0. The van der Waals surface area contributed by atoms with Crippen LogP contribution in [0.4, 0.5) is 0 Å². The van der Waals surface area contributed by atoms with Crippen LogP contribution in [0.1, 0.15) is 38.2 Å². The van der Waals surface area contributed by atoms with E-state index in [1.165, 1.54) is 25.7 Å². The van der Waals surface area contributed by atoms with E-state index in [4.69, 9.17) is 5.73 Å². The van der Waals surface area contributed by atoms with Gasteiger partial charge >= 0.3 is 0 Å². The van der Waals surface area contributed by atoms with E-state index >= 15 is 0 Å². The molecule has 20 heavy (non-hydrogen) atoms. The molecule has 3 nitrogen and oxygen atoms in total. The molecule has 2 aliphatic rings. The van der Waals surface area contributed by atoms with Crippen molar-refractivity contribution in [2.45, 2.75) is 44.2 Å². The summed E-state index contributed by atoms with van der Waals surface area (Å²) in [5, 5.41) is 3.22. The zero-order chi connectivity index (χ0) is 13.5. The monoisotopic (exact) mass is 294 g/mol. The first-order chi connectivity index (χ1) is 9.09. The van der Waals surface area contributed by atoms with Crippen LogP contribution in [-0.4, -0.2) is 11.9 Å². The molecule has 1 unspecified atom stereocenters. The maximum atomic E-state index is 12.5. The van der Waals surface area contributed by atoms with Crippen LogP contribution in [0, 0.1) is 11.8 Å². The third-order valence-corrected chi connectivity index (χ3v) is 4.40. The van der Waals surface area contributed by atoms with E-state index in [-0.39, 0.29) is 18.3 Å². The van der Waals surface area contributed by atoms with E-state index in [0.29, 0.717) is 17.9 Å². The number of nitrogens with one attached hydrogen (secondary N) is 1. The van der Waals surface area contributed by atoms with E-state index in [2.05, 4.69) is 5.32 Å². The van der Waals surface area contributed by atoms with Gasteiger partial charge in [0.25, 0.3) is 0 Å². The molecule has 2 saturated carbocycles. The van der Waals surface area contributed by atoms with Crippen LogP contribution >= 0.6 is 12.4 Å². The highest BCUT2D eigenvalue weighted by Gasteiger charge is 2.44. The van der Waals surface area contributed by atoms with E-state index in [1.807, 2.05) is 30.3 Å². The van der Waals surface area contributed by atoms with Gasteiger partial charge in [0.2, 0.25) is 5.91 Å². The van der Waals surface area contributed by atoms with Crippen molar-refractivity contribution in [3.63, 3.8) is 0 Å². The van der Waals surface area contributed by atoms with Gasteiger partial charge in [0.05, 0.1) is 0 Å². The molecular weight excluding hydrogens is 272 g/mol. The standard InChI is InChI=1S/C16H22N2O.ClH/c1-16(17,13-5-3-2-4-6-13)15(19)18-14(11-7-8-11)12-9-10-12;/h2-6,11-12,14H,7-10,17H2,1H3,(H,18,19);1H. The molecule has 0 heterocycles. The second-order valence-electron chi connectivity index (χ2n) is 6.24. The molecule has 0 aromatic heterocycles. The van der Waals surface area contributed by atoms with Crippen molar-refractivity contribution >= 4 is 18.3 Å². The Balaban J connectivity index is 0.00000147. The number of rotatable bonds is 5. The highest BCUT2D eigenvalue weighted by molar-refractivity contribution is 5.87. The normalized spacial score (nSPS) is 20.9. The summed E-state index contributed by atoms with van der Waals surface area (Å²) in [6, 6.07) is 9.99. The number of nitrogens with two attached hydrogens (primary N) is 1. The van der Waals surface area contributed by atoms with Crippen molar-refractivity contribution < 1.29 is 4.79 Å². The molecule has 1 amide bonds. The van der Waals surface area contributed by atoms with Gasteiger partial charge < -0.3 is 11.1 Å². The summed E-state index contributed by atoms with van der Waals surface area (Å²) >= 11 is 0. The Morgan fingerprint density at radius 1 is 1.20 bits per heavy atom. The highest BCUT2D eigenvalue weighted by Crippen LogP contribution is 2.44. The van der Waals surface area contributed by atoms with Crippen molar-refractivity contribution in [2.75, 3.05) is 0 Å². The van der Waals surface area contributed by atoms with Gasteiger partial charge in [-0.25, -0.2) is 0 Å². The SMILES string of the molecule is CC(N)(C(=O)NC(C1CC1)C1CC1)c1ccccc1.Cl. The Kier molecular flexibility index (Phi) is 4.40. The summed E-state index contributed by atoms with van der Waals surface area (Å²) in [4.78, 5) is 12.5. The van der Waals surface area contributed by atoms with E-state index in [0.717, 1.165) is 5.56 Å². The van der Waals surface area contributed by atoms with Crippen molar-refractivity contribution in [1.29, 1.82) is 0 Å². The molecule has 0 saturated heterocycles. The molecule has 1 atom stereocenters. The number of amides is 1. The van der Waals surface area contributed by atoms with Crippen molar-refractivity contribution in [3.8, 4) is 0 Å². The summed E-state index contributed by atoms with van der Waals surface area (Å²) in [7, 11) is 0. The zero-order valence-electron chi connectivity index (χ0n) is 11.8. The summed E-state index contributed by atoms with van der Waals surface area (Å²) in [5.41, 5.74) is 6.19. The lowest BCUT2D eigenvalue weighted by molar-refractivity contribution is -0.127.